The Morgan fingerprint density at radius 3 is 2.13 bits per heavy atom. The highest BCUT2D eigenvalue weighted by atomic mass is 32.1. The van der Waals surface area contributed by atoms with E-state index in [2.05, 4.69) is 10.3 Å². The first kappa shape index (κ1) is 20.9. The van der Waals surface area contributed by atoms with Crippen LogP contribution in [0.5, 0.6) is 0 Å². The van der Waals surface area contributed by atoms with Crippen molar-refractivity contribution in [3.8, 4) is 5.69 Å². The highest BCUT2D eigenvalue weighted by Crippen LogP contribution is 2.55. The molecule has 0 saturated heterocycles. The number of amidine groups is 1. The number of alkyl halides is 6. The second kappa shape index (κ2) is 6.83. The number of nitrogens with zero attached hydrogens (tertiary/aromatic N) is 2. The fraction of sp³-hybridized carbons (Fsp3) is 0.167. The molecule has 0 atom stereocenters. The van der Waals surface area contributed by atoms with Gasteiger partial charge in [-0.05, 0) is 23.6 Å². The van der Waals surface area contributed by atoms with E-state index in [1.54, 1.807) is 4.98 Å². The van der Waals surface area contributed by atoms with Crippen LogP contribution >= 0.6 is 11.3 Å². The minimum atomic E-state index is -6.05. The zero-order chi connectivity index (χ0) is 22.6. The molecule has 2 aromatic heterocycles. The lowest BCUT2D eigenvalue weighted by atomic mass is 9.88. The molecule has 6 nitrogen and oxygen atoms in total. The first-order valence-corrected chi connectivity index (χ1v) is 9.35. The van der Waals surface area contributed by atoms with Crippen molar-refractivity contribution in [2.45, 2.75) is 17.9 Å². The molecule has 2 N–H and O–H groups in total. The van der Waals surface area contributed by atoms with Gasteiger partial charge in [-0.15, -0.1) is 11.3 Å². The van der Waals surface area contributed by atoms with Gasteiger partial charge in [-0.1, -0.05) is 24.3 Å². The average molecular weight is 460 g/mol. The Hall–Kier alpha value is -3.35. The lowest BCUT2D eigenvalue weighted by Gasteiger charge is -2.38. The average Bonchev–Trinajstić information content (AvgIpc) is 3.21. The highest BCUT2D eigenvalue weighted by Gasteiger charge is 2.75. The van der Waals surface area contributed by atoms with E-state index in [1.165, 1.54) is 47.8 Å². The molecule has 1 aliphatic rings. The number of anilines is 1. The Kier molecular flexibility index (Phi) is 4.61. The molecule has 0 fully saturated rings. The Labute approximate surface area is 172 Å². The van der Waals surface area contributed by atoms with E-state index in [-0.39, 0.29) is 10.6 Å². The molecule has 1 aromatic carbocycles. The van der Waals surface area contributed by atoms with E-state index in [0.29, 0.717) is 4.57 Å². The molecule has 3 aromatic rings. The number of hydrogen-bond donors (Lipinski definition) is 2. The largest absolute Gasteiger partial charge is 0.427 e. The summed E-state index contributed by atoms with van der Waals surface area (Å²) in [4.78, 5) is 29.4. The van der Waals surface area contributed by atoms with E-state index in [0.717, 1.165) is 11.3 Å². The van der Waals surface area contributed by atoms with Crippen LogP contribution < -0.4 is 16.6 Å². The molecule has 0 aliphatic carbocycles. The van der Waals surface area contributed by atoms with E-state index in [4.69, 9.17) is 0 Å². The quantitative estimate of drug-likeness (QED) is 0.572. The first-order chi connectivity index (χ1) is 14.5. The molecule has 0 saturated carbocycles. The van der Waals surface area contributed by atoms with E-state index >= 15 is 0 Å². The van der Waals surface area contributed by atoms with Crippen LogP contribution in [0.4, 0.5) is 32.2 Å². The highest BCUT2D eigenvalue weighted by molar-refractivity contribution is 7.12. The molecular weight excluding hydrogens is 450 g/mol. The van der Waals surface area contributed by atoms with Crippen LogP contribution in [-0.4, -0.2) is 27.7 Å². The Morgan fingerprint density at radius 2 is 1.58 bits per heavy atom. The number of thiophene rings is 1. The number of rotatable bonds is 2. The zero-order valence-electron chi connectivity index (χ0n) is 15.0. The lowest BCUT2D eigenvalue weighted by molar-refractivity contribution is -0.301. The van der Waals surface area contributed by atoms with Crippen molar-refractivity contribution in [3.05, 3.63) is 79.1 Å². The van der Waals surface area contributed by atoms with Crippen molar-refractivity contribution < 1.29 is 26.3 Å². The molecule has 0 bridgehead atoms. The molecule has 0 amide bonds. The number of H-pyrrole nitrogens is 1. The molecular formula is C18H10F6N4O2S. The maximum absolute atomic E-state index is 14.1. The summed E-state index contributed by atoms with van der Waals surface area (Å²) in [5, 5.41) is 3.78. The van der Waals surface area contributed by atoms with Crippen molar-refractivity contribution in [1.29, 1.82) is 0 Å². The van der Waals surface area contributed by atoms with Crippen LogP contribution in [0.3, 0.4) is 0 Å². The summed E-state index contributed by atoms with van der Waals surface area (Å²) in [6.45, 7) is 0. The predicted molar refractivity (Wildman–Crippen MR) is 101 cm³/mol. The van der Waals surface area contributed by atoms with Crippen molar-refractivity contribution >= 4 is 23.0 Å². The fourth-order valence-electron chi connectivity index (χ4n) is 3.28. The van der Waals surface area contributed by atoms with Gasteiger partial charge in [-0.25, -0.2) is 14.4 Å². The standard InChI is InChI=1S/C18H10F6N4O2S/c19-17(20,21)16(18(22,23)24)11-13(25-12(27-16)10-7-4-8-31-10)28(15(30)26-14(11)29)9-5-2-1-3-6-9/h1-8H,(H,25,27)(H,26,29,30). The van der Waals surface area contributed by atoms with Crippen LogP contribution in [0, 0.1) is 0 Å². The predicted octanol–water partition coefficient (Wildman–Crippen LogP) is 3.78. The third kappa shape index (κ3) is 3.07. The summed E-state index contributed by atoms with van der Waals surface area (Å²) in [6, 6.07) is 9.65. The Bertz CT molecular complexity index is 1260. The van der Waals surface area contributed by atoms with Gasteiger partial charge in [0, 0.05) is 0 Å². The molecule has 0 radical (unpaired) electrons. The number of fused-ring (bicyclic) bond motifs is 1. The maximum Gasteiger partial charge on any atom is 0.427 e. The summed E-state index contributed by atoms with van der Waals surface area (Å²) in [5.74, 6) is -1.74. The number of hydrogen-bond acceptors (Lipinski definition) is 5. The number of nitrogens with one attached hydrogen (secondary N) is 2. The maximum atomic E-state index is 14.1. The van der Waals surface area contributed by atoms with Crippen LogP contribution in [0.15, 0.2) is 62.4 Å². The van der Waals surface area contributed by atoms with Gasteiger partial charge in [0.2, 0.25) is 0 Å². The molecule has 0 spiro atoms. The van der Waals surface area contributed by atoms with Gasteiger partial charge in [0.05, 0.1) is 10.6 Å². The Balaban J connectivity index is 2.19. The molecule has 4 rings (SSSR count). The van der Waals surface area contributed by atoms with Crippen molar-refractivity contribution in [3.63, 3.8) is 0 Å². The zero-order valence-corrected chi connectivity index (χ0v) is 15.8. The third-order valence-corrected chi connectivity index (χ3v) is 5.46. The third-order valence-electron chi connectivity index (χ3n) is 4.58. The topological polar surface area (TPSA) is 79.2 Å². The molecule has 13 heteroatoms. The van der Waals surface area contributed by atoms with Gasteiger partial charge in [0.1, 0.15) is 17.2 Å². The van der Waals surface area contributed by atoms with Gasteiger partial charge >= 0.3 is 18.0 Å². The second-order valence-electron chi connectivity index (χ2n) is 6.42. The summed E-state index contributed by atoms with van der Waals surface area (Å²) >= 11 is 0.835. The first-order valence-electron chi connectivity index (χ1n) is 8.47. The van der Waals surface area contributed by atoms with E-state index < -0.39 is 46.4 Å². The van der Waals surface area contributed by atoms with Crippen LogP contribution in [0.1, 0.15) is 10.4 Å². The fourth-order valence-corrected chi connectivity index (χ4v) is 3.95. The monoisotopic (exact) mass is 460 g/mol. The van der Waals surface area contributed by atoms with Gasteiger partial charge in [-0.2, -0.15) is 26.3 Å². The van der Waals surface area contributed by atoms with Crippen LogP contribution in [0.25, 0.3) is 5.69 Å². The number of aliphatic imine (C=N–C) groups is 1. The van der Waals surface area contributed by atoms with Crippen LogP contribution in [-0.2, 0) is 5.54 Å². The van der Waals surface area contributed by atoms with Gasteiger partial charge in [-0.3, -0.25) is 9.78 Å². The molecule has 3 heterocycles. The minimum Gasteiger partial charge on any atom is -0.325 e. The van der Waals surface area contributed by atoms with Gasteiger partial charge in [0.25, 0.3) is 11.1 Å². The normalized spacial score (nSPS) is 15.7. The summed E-state index contributed by atoms with van der Waals surface area (Å²) in [7, 11) is 0. The second-order valence-corrected chi connectivity index (χ2v) is 7.37. The number of halogens is 6. The SMILES string of the molecule is O=c1[nH]c(=O)n(-c2ccccc2)c2c1C(C(F)(F)F)(C(F)(F)F)N=C(c1cccs1)N2. The summed E-state index contributed by atoms with van der Waals surface area (Å²) < 4.78 is 85.2. The molecule has 31 heavy (non-hydrogen) atoms. The van der Waals surface area contributed by atoms with Crippen LogP contribution in [0.2, 0.25) is 0 Å². The van der Waals surface area contributed by atoms with Gasteiger partial charge < -0.3 is 5.32 Å². The number of para-hydroxylation sites is 1. The summed E-state index contributed by atoms with van der Waals surface area (Å²) in [6.07, 6.45) is -12.1. The van der Waals surface area contributed by atoms with E-state index in [9.17, 15) is 35.9 Å². The molecule has 1 aliphatic heterocycles. The van der Waals surface area contributed by atoms with E-state index in [1.807, 2.05) is 0 Å². The molecule has 0 unspecified atom stereocenters. The number of benzene rings is 1. The minimum absolute atomic E-state index is 0.0455. The number of aromatic amines is 1. The summed E-state index contributed by atoms with van der Waals surface area (Å²) in [5.41, 5.74) is -9.77. The number of aromatic nitrogens is 2. The smallest absolute Gasteiger partial charge is 0.325 e. The lowest BCUT2D eigenvalue weighted by Crippen LogP contribution is -2.59. The van der Waals surface area contributed by atoms with Gasteiger partial charge in [0.15, 0.2) is 0 Å². The van der Waals surface area contributed by atoms with Crippen molar-refractivity contribution in [2.75, 3.05) is 5.32 Å². The molecule has 162 valence electrons. The van der Waals surface area contributed by atoms with Crippen molar-refractivity contribution in [2.24, 2.45) is 4.99 Å². The van der Waals surface area contributed by atoms with Crippen molar-refractivity contribution in [1.82, 2.24) is 9.55 Å². The Morgan fingerprint density at radius 1 is 0.935 bits per heavy atom.